The topological polar surface area (TPSA) is 61.2 Å². The van der Waals surface area contributed by atoms with Crippen molar-refractivity contribution in [3.63, 3.8) is 0 Å². The van der Waals surface area contributed by atoms with E-state index in [9.17, 15) is 9.59 Å². The maximum atomic E-state index is 10.9. The van der Waals surface area contributed by atoms with Gasteiger partial charge in [-0.05, 0) is 17.1 Å². The van der Waals surface area contributed by atoms with E-state index >= 15 is 0 Å². The van der Waals surface area contributed by atoms with E-state index in [2.05, 4.69) is 32.8 Å². The predicted molar refractivity (Wildman–Crippen MR) is 74.9 cm³/mol. The van der Waals surface area contributed by atoms with Gasteiger partial charge in [0, 0.05) is 0 Å². The van der Waals surface area contributed by atoms with Gasteiger partial charge in [0.2, 0.25) is 9.04 Å². The first kappa shape index (κ1) is 15.8. The van der Waals surface area contributed by atoms with Gasteiger partial charge in [0.05, 0.1) is 13.2 Å². The van der Waals surface area contributed by atoms with Crippen LogP contribution >= 0.6 is 0 Å². The summed E-state index contributed by atoms with van der Waals surface area (Å²) in [6.45, 7) is 9.68. The zero-order valence-corrected chi connectivity index (χ0v) is 13.0. The molecule has 0 N–H and O–H groups in total. The Morgan fingerprint density at radius 1 is 1.37 bits per heavy atom. The average Bonchev–Trinajstić information content (AvgIpc) is 2.75. The number of rotatable bonds is 7. The Balaban J connectivity index is 2.59. The van der Waals surface area contributed by atoms with Gasteiger partial charge in [0.15, 0.2) is 12.6 Å². The van der Waals surface area contributed by atoms with Crippen LogP contribution in [0.15, 0.2) is 6.07 Å². The zero-order chi connectivity index (χ0) is 14.5. The lowest BCUT2D eigenvalue weighted by Gasteiger charge is -2.27. The van der Waals surface area contributed by atoms with Crippen LogP contribution in [0.5, 0.6) is 0 Å². The molecule has 1 heterocycles. The zero-order valence-electron chi connectivity index (χ0n) is 12.0. The largest absolute Gasteiger partial charge is 0.414 e. The summed E-state index contributed by atoms with van der Waals surface area (Å²) in [5, 5.41) is 4.22. The fourth-order valence-electron chi connectivity index (χ4n) is 1.89. The van der Waals surface area contributed by atoms with Crippen molar-refractivity contribution in [2.24, 2.45) is 0 Å². The number of nitrogens with zero attached hydrogens (tertiary/aromatic N) is 2. The summed E-state index contributed by atoms with van der Waals surface area (Å²) in [5.41, 5.74) is 0.686. The van der Waals surface area contributed by atoms with Crippen LogP contribution in [0.4, 0.5) is 0 Å². The van der Waals surface area contributed by atoms with Crippen molar-refractivity contribution in [1.29, 1.82) is 0 Å². The minimum Gasteiger partial charge on any atom is -0.414 e. The third-order valence-electron chi connectivity index (χ3n) is 2.81. The Morgan fingerprint density at radius 3 is 2.53 bits per heavy atom. The molecular weight excluding hydrogens is 260 g/mol. The molecule has 0 bridgehead atoms. The monoisotopic (exact) mass is 281 g/mol. The Bertz CT molecular complexity index is 438. The second-order valence-electron chi connectivity index (χ2n) is 5.33. The SMILES string of the molecule is CC[Si](OCCn1nc(C=O)cc1C=O)C(C)(C)C. The third-order valence-corrected chi connectivity index (χ3v) is 5.68. The van der Waals surface area contributed by atoms with Gasteiger partial charge in [0.1, 0.15) is 11.4 Å². The van der Waals surface area contributed by atoms with E-state index in [-0.39, 0.29) is 10.7 Å². The van der Waals surface area contributed by atoms with Gasteiger partial charge in [-0.3, -0.25) is 14.3 Å². The van der Waals surface area contributed by atoms with Crippen molar-refractivity contribution >= 4 is 21.6 Å². The van der Waals surface area contributed by atoms with Gasteiger partial charge >= 0.3 is 0 Å². The van der Waals surface area contributed by atoms with Crippen LogP contribution in [0.1, 0.15) is 48.7 Å². The Kier molecular flexibility index (Phi) is 5.62. The molecule has 0 spiro atoms. The summed E-state index contributed by atoms with van der Waals surface area (Å²) >= 11 is 0. The van der Waals surface area contributed by atoms with Crippen LogP contribution in [-0.4, -0.2) is 38.0 Å². The van der Waals surface area contributed by atoms with Crippen LogP contribution in [0, 0.1) is 0 Å². The smallest absolute Gasteiger partial charge is 0.216 e. The van der Waals surface area contributed by atoms with Gasteiger partial charge in [-0.25, -0.2) is 0 Å². The van der Waals surface area contributed by atoms with Crippen molar-refractivity contribution in [2.75, 3.05) is 6.61 Å². The quantitative estimate of drug-likeness (QED) is 0.568. The molecule has 0 fully saturated rings. The highest BCUT2D eigenvalue weighted by Gasteiger charge is 2.27. The van der Waals surface area contributed by atoms with Crippen molar-refractivity contribution in [3.8, 4) is 0 Å². The van der Waals surface area contributed by atoms with Crippen LogP contribution in [0.25, 0.3) is 0 Å². The Labute approximate surface area is 115 Å². The fourth-order valence-corrected chi connectivity index (χ4v) is 3.92. The van der Waals surface area contributed by atoms with Gasteiger partial charge in [0.25, 0.3) is 0 Å². The van der Waals surface area contributed by atoms with Crippen molar-refractivity contribution in [3.05, 3.63) is 17.5 Å². The molecule has 0 amide bonds. The fraction of sp³-hybridized carbons (Fsp3) is 0.615. The molecule has 0 saturated heterocycles. The predicted octanol–water partition coefficient (Wildman–Crippen LogP) is 2.34. The van der Waals surface area contributed by atoms with Gasteiger partial charge in [-0.2, -0.15) is 5.10 Å². The van der Waals surface area contributed by atoms with Gasteiger partial charge < -0.3 is 4.43 Å². The maximum absolute atomic E-state index is 10.9. The summed E-state index contributed by atoms with van der Waals surface area (Å²) in [5.74, 6) is 0. The van der Waals surface area contributed by atoms with Gasteiger partial charge in [-0.1, -0.05) is 27.7 Å². The highest BCUT2D eigenvalue weighted by atomic mass is 28.3. The summed E-state index contributed by atoms with van der Waals surface area (Å²) < 4.78 is 7.46. The second-order valence-corrected chi connectivity index (χ2v) is 8.67. The lowest BCUT2D eigenvalue weighted by molar-refractivity contribution is 0.110. The first-order valence-electron chi connectivity index (χ1n) is 6.39. The van der Waals surface area contributed by atoms with Crippen molar-refractivity contribution in [2.45, 2.75) is 45.3 Å². The number of hydrogen-bond acceptors (Lipinski definition) is 4. The molecular formula is C13H21N2O3Si. The lowest BCUT2D eigenvalue weighted by atomic mass is 10.2. The molecule has 1 radical (unpaired) electrons. The summed E-state index contributed by atoms with van der Waals surface area (Å²) in [4.78, 5) is 21.5. The van der Waals surface area contributed by atoms with E-state index < -0.39 is 9.04 Å². The minimum absolute atomic E-state index is 0.185. The minimum atomic E-state index is -0.886. The standard InChI is InChI=1S/C13H21N2O3Si/c1-5-19(13(2,3)4)18-7-6-15-12(10-17)8-11(9-16)14-15/h8-10H,5-7H2,1-4H3. The molecule has 0 aromatic carbocycles. The van der Waals surface area contributed by atoms with E-state index in [0.717, 1.165) is 6.04 Å². The lowest BCUT2D eigenvalue weighted by Crippen LogP contribution is -2.30. The van der Waals surface area contributed by atoms with Crippen LogP contribution in [-0.2, 0) is 11.0 Å². The molecule has 0 aliphatic heterocycles. The Morgan fingerprint density at radius 2 is 2.05 bits per heavy atom. The molecule has 105 valence electrons. The van der Waals surface area contributed by atoms with Crippen molar-refractivity contribution < 1.29 is 14.0 Å². The number of aldehydes is 2. The van der Waals surface area contributed by atoms with Gasteiger partial charge in [-0.15, -0.1) is 0 Å². The summed E-state index contributed by atoms with van der Waals surface area (Å²) in [6, 6.07) is 2.52. The summed E-state index contributed by atoms with van der Waals surface area (Å²) in [7, 11) is -0.886. The number of carbonyl (C=O) groups excluding carboxylic acids is 2. The summed E-state index contributed by atoms with van der Waals surface area (Å²) in [6.07, 6.45) is 1.34. The molecule has 1 aromatic heterocycles. The molecule has 5 nitrogen and oxygen atoms in total. The van der Waals surface area contributed by atoms with E-state index in [4.69, 9.17) is 4.43 Å². The maximum Gasteiger partial charge on any atom is 0.216 e. The Hall–Kier alpha value is -1.27. The molecule has 6 heteroatoms. The number of hydrogen-bond donors (Lipinski definition) is 0. The van der Waals surface area contributed by atoms with E-state index in [0.29, 0.717) is 31.4 Å². The number of aromatic nitrogens is 2. The molecule has 0 saturated carbocycles. The van der Waals surface area contributed by atoms with E-state index in [1.807, 2.05) is 0 Å². The highest BCUT2D eigenvalue weighted by Crippen LogP contribution is 2.29. The van der Waals surface area contributed by atoms with Crippen LogP contribution in [0.2, 0.25) is 11.1 Å². The normalized spacial score (nSPS) is 11.8. The van der Waals surface area contributed by atoms with E-state index in [1.165, 1.54) is 10.7 Å². The van der Waals surface area contributed by atoms with Crippen molar-refractivity contribution in [1.82, 2.24) is 9.78 Å². The molecule has 19 heavy (non-hydrogen) atoms. The molecule has 0 unspecified atom stereocenters. The molecule has 0 aliphatic carbocycles. The third kappa shape index (κ3) is 4.40. The molecule has 0 atom stereocenters. The first-order chi connectivity index (χ1) is 8.92. The second kappa shape index (κ2) is 6.77. The van der Waals surface area contributed by atoms with Crippen LogP contribution < -0.4 is 0 Å². The van der Waals surface area contributed by atoms with Crippen LogP contribution in [0.3, 0.4) is 0 Å². The van der Waals surface area contributed by atoms with E-state index in [1.54, 1.807) is 0 Å². The molecule has 0 aliphatic rings. The first-order valence-corrected chi connectivity index (χ1v) is 8.01. The average molecular weight is 281 g/mol. The highest BCUT2D eigenvalue weighted by molar-refractivity contribution is 6.55. The number of carbonyl (C=O) groups is 2. The molecule has 1 rings (SSSR count). The molecule has 1 aromatic rings.